The van der Waals surface area contributed by atoms with Crippen LogP contribution in [0.1, 0.15) is 46.5 Å². The van der Waals surface area contributed by atoms with Crippen LogP contribution in [0.15, 0.2) is 0 Å². The average Bonchev–Trinajstić information content (AvgIpc) is 2.81. The third-order valence-electron chi connectivity index (χ3n) is 4.63. The van der Waals surface area contributed by atoms with E-state index in [9.17, 15) is 5.11 Å². The van der Waals surface area contributed by atoms with Crippen LogP contribution < -0.4 is 0 Å². The van der Waals surface area contributed by atoms with Crippen LogP contribution in [0.3, 0.4) is 0 Å². The molecule has 3 aliphatic rings. The summed E-state index contributed by atoms with van der Waals surface area (Å²) in [7, 11) is 0. The van der Waals surface area contributed by atoms with Gasteiger partial charge in [0.15, 0.2) is 0 Å². The molecule has 1 spiro atoms. The smallest absolute Gasteiger partial charge is 0.0735 e. The summed E-state index contributed by atoms with van der Waals surface area (Å²) < 4.78 is 5.97. The molecule has 17 heavy (non-hydrogen) atoms. The van der Waals surface area contributed by atoms with Crippen molar-refractivity contribution in [3.63, 3.8) is 0 Å². The van der Waals surface area contributed by atoms with Gasteiger partial charge in [-0.25, -0.2) is 0 Å². The van der Waals surface area contributed by atoms with E-state index >= 15 is 0 Å². The fraction of sp³-hybridized carbons (Fsp3) is 1.00. The topological polar surface area (TPSA) is 32.7 Å². The summed E-state index contributed by atoms with van der Waals surface area (Å²) in [5.74, 6) is 0. The minimum absolute atomic E-state index is 0.0160. The van der Waals surface area contributed by atoms with E-state index in [4.69, 9.17) is 4.74 Å². The molecule has 3 fully saturated rings. The molecule has 2 saturated carbocycles. The third-order valence-corrected chi connectivity index (χ3v) is 4.63. The van der Waals surface area contributed by atoms with Crippen LogP contribution in [-0.2, 0) is 4.74 Å². The van der Waals surface area contributed by atoms with E-state index in [-0.39, 0.29) is 11.7 Å². The highest BCUT2D eigenvalue weighted by atomic mass is 16.5. The number of nitrogens with zero attached hydrogens (tertiary/aromatic N) is 1. The molecule has 3 heteroatoms. The van der Waals surface area contributed by atoms with Gasteiger partial charge in [0.2, 0.25) is 0 Å². The fourth-order valence-electron chi connectivity index (χ4n) is 3.35. The van der Waals surface area contributed by atoms with Crippen molar-refractivity contribution < 1.29 is 9.84 Å². The van der Waals surface area contributed by atoms with Crippen molar-refractivity contribution in [3.05, 3.63) is 0 Å². The Bertz CT molecular complexity index is 300. The van der Waals surface area contributed by atoms with Crippen LogP contribution in [0.4, 0.5) is 0 Å². The molecule has 0 radical (unpaired) electrons. The van der Waals surface area contributed by atoms with E-state index in [0.717, 1.165) is 25.9 Å². The fourth-order valence-corrected chi connectivity index (χ4v) is 3.35. The zero-order valence-corrected chi connectivity index (χ0v) is 11.3. The molecule has 0 unspecified atom stereocenters. The molecule has 2 aliphatic carbocycles. The largest absolute Gasteiger partial charge is 0.391 e. The summed E-state index contributed by atoms with van der Waals surface area (Å²) in [6, 6.07) is 0.664. The van der Waals surface area contributed by atoms with Gasteiger partial charge in [0.1, 0.15) is 0 Å². The summed E-state index contributed by atoms with van der Waals surface area (Å²) >= 11 is 0. The number of rotatable bonds is 2. The number of hydrogen-bond donors (Lipinski definition) is 1. The number of likely N-dealkylation sites (tertiary alicyclic amines) is 1. The number of hydrogen-bond acceptors (Lipinski definition) is 3. The number of aliphatic hydroxyl groups is 1. The van der Waals surface area contributed by atoms with Crippen molar-refractivity contribution in [2.75, 3.05) is 13.1 Å². The lowest BCUT2D eigenvalue weighted by molar-refractivity contribution is -0.118. The molecular formula is C14H25NO2. The first-order chi connectivity index (χ1) is 7.88. The van der Waals surface area contributed by atoms with Gasteiger partial charge in [0.05, 0.1) is 17.8 Å². The third kappa shape index (κ3) is 2.25. The van der Waals surface area contributed by atoms with Crippen molar-refractivity contribution in [2.45, 2.75) is 70.3 Å². The standard InChI is InChI=1S/C14H25NO2/c1-13(2,3)17-11-6-10(7-11)15-8-12(16)14(9-15)4-5-14/h10-12,16H,4-9H2,1-3H3/t10?,11?,12-/m0/s1. The summed E-state index contributed by atoms with van der Waals surface area (Å²) in [4.78, 5) is 2.50. The lowest BCUT2D eigenvalue weighted by Gasteiger charge is -2.43. The lowest BCUT2D eigenvalue weighted by atomic mass is 9.87. The Labute approximate surface area is 104 Å². The van der Waals surface area contributed by atoms with Crippen LogP contribution in [0, 0.1) is 5.41 Å². The van der Waals surface area contributed by atoms with Crippen molar-refractivity contribution in [2.24, 2.45) is 5.41 Å². The van der Waals surface area contributed by atoms with Gasteiger partial charge in [-0.1, -0.05) is 0 Å². The number of aliphatic hydroxyl groups excluding tert-OH is 1. The summed E-state index contributed by atoms with van der Waals surface area (Å²) in [6.07, 6.45) is 5.15. The highest BCUT2D eigenvalue weighted by Crippen LogP contribution is 2.54. The highest BCUT2D eigenvalue weighted by molar-refractivity contribution is 5.08. The average molecular weight is 239 g/mol. The molecule has 1 heterocycles. The van der Waals surface area contributed by atoms with Gasteiger partial charge in [0, 0.05) is 24.5 Å². The zero-order chi connectivity index (χ0) is 12.3. The molecule has 0 bridgehead atoms. The van der Waals surface area contributed by atoms with E-state index in [0.29, 0.717) is 17.6 Å². The molecule has 0 aromatic heterocycles. The lowest BCUT2D eigenvalue weighted by Crippen LogP contribution is -2.49. The molecule has 1 atom stereocenters. The predicted molar refractivity (Wildman–Crippen MR) is 66.9 cm³/mol. The van der Waals surface area contributed by atoms with Gasteiger partial charge in [-0.15, -0.1) is 0 Å². The van der Waals surface area contributed by atoms with Crippen molar-refractivity contribution >= 4 is 0 Å². The van der Waals surface area contributed by atoms with E-state index in [2.05, 4.69) is 25.7 Å². The van der Waals surface area contributed by atoms with Crippen LogP contribution in [-0.4, -0.2) is 46.9 Å². The summed E-state index contributed by atoms with van der Waals surface area (Å²) in [5, 5.41) is 10.0. The summed E-state index contributed by atoms with van der Waals surface area (Å²) in [6.45, 7) is 8.39. The molecule has 0 aromatic carbocycles. The van der Waals surface area contributed by atoms with Crippen LogP contribution in [0.5, 0.6) is 0 Å². The SMILES string of the molecule is CC(C)(C)OC1CC(N2C[C@H](O)C3(CC3)C2)C1. The van der Waals surface area contributed by atoms with Gasteiger partial charge >= 0.3 is 0 Å². The van der Waals surface area contributed by atoms with Gasteiger partial charge in [-0.05, 0) is 46.5 Å². The molecule has 0 amide bonds. The van der Waals surface area contributed by atoms with Gasteiger partial charge in [-0.2, -0.15) is 0 Å². The van der Waals surface area contributed by atoms with E-state index in [1.807, 2.05) is 0 Å². The van der Waals surface area contributed by atoms with E-state index < -0.39 is 0 Å². The second kappa shape index (κ2) is 3.69. The zero-order valence-electron chi connectivity index (χ0n) is 11.3. The molecule has 98 valence electrons. The Balaban J connectivity index is 1.47. The Hall–Kier alpha value is -0.120. The Kier molecular flexibility index (Phi) is 2.59. The normalized spacial score (nSPS) is 40.6. The van der Waals surface area contributed by atoms with Crippen LogP contribution in [0.2, 0.25) is 0 Å². The second-order valence-corrected chi connectivity index (χ2v) is 7.29. The quantitative estimate of drug-likeness (QED) is 0.797. The highest BCUT2D eigenvalue weighted by Gasteiger charge is 2.56. The molecule has 1 N–H and O–H groups in total. The van der Waals surface area contributed by atoms with Crippen molar-refractivity contribution in [1.29, 1.82) is 0 Å². The molecular weight excluding hydrogens is 214 g/mol. The first-order valence-corrected chi connectivity index (χ1v) is 6.98. The number of β-amino-alcohol motifs (C(OH)–C–C–N with tert-alkyl or cyclic N) is 1. The first kappa shape index (κ1) is 11.9. The Morgan fingerprint density at radius 3 is 2.35 bits per heavy atom. The second-order valence-electron chi connectivity index (χ2n) is 7.29. The maximum atomic E-state index is 10.0. The monoisotopic (exact) mass is 239 g/mol. The van der Waals surface area contributed by atoms with Gasteiger partial charge in [0.25, 0.3) is 0 Å². The molecule has 1 saturated heterocycles. The Morgan fingerprint density at radius 2 is 1.88 bits per heavy atom. The molecule has 3 nitrogen and oxygen atoms in total. The maximum Gasteiger partial charge on any atom is 0.0735 e. The van der Waals surface area contributed by atoms with Crippen LogP contribution in [0.25, 0.3) is 0 Å². The predicted octanol–water partition coefficient (Wildman–Crippen LogP) is 1.79. The van der Waals surface area contributed by atoms with Gasteiger partial charge in [-0.3, -0.25) is 4.90 Å². The minimum Gasteiger partial charge on any atom is -0.391 e. The van der Waals surface area contributed by atoms with Gasteiger partial charge < -0.3 is 9.84 Å². The Morgan fingerprint density at radius 1 is 1.24 bits per heavy atom. The van der Waals surface area contributed by atoms with E-state index in [1.165, 1.54) is 12.8 Å². The van der Waals surface area contributed by atoms with Crippen molar-refractivity contribution in [3.8, 4) is 0 Å². The first-order valence-electron chi connectivity index (χ1n) is 6.98. The molecule has 3 rings (SSSR count). The summed E-state index contributed by atoms with van der Waals surface area (Å²) in [5.41, 5.74) is 0.286. The minimum atomic E-state index is -0.0647. The van der Waals surface area contributed by atoms with E-state index in [1.54, 1.807) is 0 Å². The van der Waals surface area contributed by atoms with Crippen molar-refractivity contribution in [1.82, 2.24) is 4.90 Å². The molecule has 0 aromatic rings. The number of ether oxygens (including phenoxy) is 1. The van der Waals surface area contributed by atoms with Crippen LogP contribution >= 0.6 is 0 Å². The molecule has 1 aliphatic heterocycles. The maximum absolute atomic E-state index is 10.0.